The highest BCUT2D eigenvalue weighted by Gasteiger charge is 2.45. The van der Waals surface area contributed by atoms with Gasteiger partial charge in [0.2, 0.25) is 0 Å². The molecule has 0 amide bonds. The molecule has 2 fully saturated rings. The van der Waals surface area contributed by atoms with Gasteiger partial charge in [-0.1, -0.05) is 0 Å². The number of halogens is 3. The summed E-state index contributed by atoms with van der Waals surface area (Å²) in [6.07, 6.45) is 4.53. The molecule has 1 aliphatic carbocycles. The molecule has 1 saturated heterocycles. The number of rotatable bonds is 0. The van der Waals surface area contributed by atoms with Gasteiger partial charge < -0.3 is 16.4 Å². The third-order valence-electron chi connectivity index (χ3n) is 3.22. The summed E-state index contributed by atoms with van der Waals surface area (Å²) < 4.78 is 0. The monoisotopic (exact) mass is 277 g/mol. The quantitative estimate of drug-likeness (QED) is 0.699. The Kier molecular flexibility index (Phi) is 7.12. The Balaban J connectivity index is 0. The third kappa shape index (κ3) is 3.91. The number of likely N-dealkylation sites (tertiary alicyclic amines) is 1. The lowest BCUT2D eigenvalue weighted by atomic mass is 9.69. The van der Waals surface area contributed by atoms with Crippen molar-refractivity contribution in [1.29, 1.82) is 0 Å². The van der Waals surface area contributed by atoms with Crippen LogP contribution < -0.4 is 11.5 Å². The molecule has 1 heterocycles. The first-order valence-corrected chi connectivity index (χ1v) is 4.78. The van der Waals surface area contributed by atoms with Gasteiger partial charge in [0.15, 0.2) is 0 Å². The van der Waals surface area contributed by atoms with Crippen molar-refractivity contribution in [3.63, 3.8) is 0 Å². The van der Waals surface area contributed by atoms with Gasteiger partial charge in [-0.3, -0.25) is 0 Å². The molecular weight excluding hydrogens is 256 g/mol. The van der Waals surface area contributed by atoms with Crippen LogP contribution in [-0.2, 0) is 0 Å². The van der Waals surface area contributed by atoms with Gasteiger partial charge in [0.05, 0.1) is 0 Å². The van der Waals surface area contributed by atoms with Crippen molar-refractivity contribution in [2.24, 2.45) is 11.5 Å². The summed E-state index contributed by atoms with van der Waals surface area (Å²) >= 11 is 0. The van der Waals surface area contributed by atoms with Crippen molar-refractivity contribution in [1.82, 2.24) is 4.90 Å². The average Bonchev–Trinajstić information content (AvgIpc) is 1.79. The van der Waals surface area contributed by atoms with Gasteiger partial charge in [0.1, 0.15) is 0 Å². The van der Waals surface area contributed by atoms with Crippen LogP contribution in [0.15, 0.2) is 0 Å². The Morgan fingerprint density at radius 1 is 0.933 bits per heavy atom. The van der Waals surface area contributed by atoms with Crippen LogP contribution in [0.5, 0.6) is 0 Å². The van der Waals surface area contributed by atoms with E-state index < -0.39 is 0 Å². The van der Waals surface area contributed by atoms with Crippen LogP contribution in [0.3, 0.4) is 0 Å². The number of likely N-dealkylation sites (N-methyl/N-ethyl adjacent to an activating group) is 1. The van der Waals surface area contributed by atoms with E-state index in [0.717, 1.165) is 32.4 Å². The topological polar surface area (TPSA) is 55.3 Å². The zero-order valence-electron chi connectivity index (χ0n) is 9.07. The fraction of sp³-hybridized carbons (Fsp3) is 1.00. The van der Waals surface area contributed by atoms with E-state index in [-0.39, 0.29) is 48.3 Å². The van der Waals surface area contributed by atoms with Crippen LogP contribution in [0, 0.1) is 0 Å². The first kappa shape index (κ1) is 18.1. The fourth-order valence-electron chi connectivity index (χ4n) is 3.07. The van der Waals surface area contributed by atoms with Crippen molar-refractivity contribution < 1.29 is 0 Å². The van der Waals surface area contributed by atoms with Gasteiger partial charge in [0.25, 0.3) is 0 Å². The lowest BCUT2D eigenvalue weighted by Crippen LogP contribution is -2.68. The maximum Gasteiger partial charge on any atom is 0.0301 e. The summed E-state index contributed by atoms with van der Waals surface area (Å²) in [5, 5.41) is 0. The number of fused-ring (bicyclic) bond motifs is 2. The minimum absolute atomic E-state index is 0. The highest BCUT2D eigenvalue weighted by atomic mass is 35.5. The highest BCUT2D eigenvalue weighted by Crippen LogP contribution is 2.36. The number of hydrogen-bond donors (Lipinski definition) is 2. The SMILES string of the molecule is CN1CC2(N)CCCC(N)(C1)C2.Cl.Cl.Cl. The molecule has 1 saturated carbocycles. The predicted molar refractivity (Wildman–Crippen MR) is 71.5 cm³/mol. The molecule has 0 spiro atoms. The fourth-order valence-corrected chi connectivity index (χ4v) is 3.07. The highest BCUT2D eigenvalue weighted by molar-refractivity contribution is 5.86. The molecular formula is C9H22Cl3N3. The van der Waals surface area contributed by atoms with E-state index in [0.29, 0.717) is 0 Å². The maximum absolute atomic E-state index is 6.25. The summed E-state index contributed by atoms with van der Waals surface area (Å²) in [5.74, 6) is 0. The van der Waals surface area contributed by atoms with Crippen LogP contribution >= 0.6 is 37.2 Å². The smallest absolute Gasteiger partial charge is 0.0301 e. The molecule has 2 rings (SSSR count). The average molecular weight is 279 g/mol. The molecule has 2 atom stereocenters. The largest absolute Gasteiger partial charge is 0.324 e. The Morgan fingerprint density at radius 2 is 1.33 bits per heavy atom. The molecule has 15 heavy (non-hydrogen) atoms. The van der Waals surface area contributed by atoms with E-state index in [1.165, 1.54) is 6.42 Å². The molecule has 1 aliphatic heterocycles. The Bertz CT molecular complexity index is 187. The summed E-state index contributed by atoms with van der Waals surface area (Å²) in [5.41, 5.74) is 12.5. The molecule has 2 aliphatic rings. The van der Waals surface area contributed by atoms with Crippen LogP contribution in [0.1, 0.15) is 25.7 Å². The van der Waals surface area contributed by atoms with Gasteiger partial charge in [0, 0.05) is 24.2 Å². The lowest BCUT2D eigenvalue weighted by molar-refractivity contribution is 0.0607. The van der Waals surface area contributed by atoms with E-state index in [9.17, 15) is 0 Å². The van der Waals surface area contributed by atoms with E-state index in [1.54, 1.807) is 0 Å². The van der Waals surface area contributed by atoms with Gasteiger partial charge >= 0.3 is 0 Å². The van der Waals surface area contributed by atoms with Gasteiger partial charge in [-0.2, -0.15) is 0 Å². The summed E-state index contributed by atoms with van der Waals surface area (Å²) in [7, 11) is 2.12. The molecule has 4 N–H and O–H groups in total. The molecule has 0 aromatic carbocycles. The molecule has 94 valence electrons. The van der Waals surface area contributed by atoms with Crippen LogP contribution in [0.4, 0.5) is 0 Å². The first-order chi connectivity index (χ1) is 5.52. The Labute approximate surface area is 111 Å². The third-order valence-corrected chi connectivity index (χ3v) is 3.22. The zero-order valence-corrected chi connectivity index (χ0v) is 11.5. The number of nitrogens with zero attached hydrogens (tertiary/aromatic N) is 1. The second-order valence-electron chi connectivity index (χ2n) is 4.93. The van der Waals surface area contributed by atoms with Crippen LogP contribution in [-0.4, -0.2) is 36.1 Å². The van der Waals surface area contributed by atoms with Crippen molar-refractivity contribution in [3.05, 3.63) is 0 Å². The molecule has 6 heteroatoms. The Morgan fingerprint density at radius 3 is 1.73 bits per heavy atom. The lowest BCUT2D eigenvalue weighted by Gasteiger charge is -2.52. The molecule has 0 aromatic rings. The number of nitrogens with two attached hydrogens (primary N) is 2. The Hall–Kier alpha value is 0.750. The van der Waals surface area contributed by atoms with Gasteiger partial charge in [-0.25, -0.2) is 0 Å². The van der Waals surface area contributed by atoms with Crippen molar-refractivity contribution in [2.45, 2.75) is 36.8 Å². The first-order valence-electron chi connectivity index (χ1n) is 4.78. The standard InChI is InChI=1S/C9H19N3.3ClH/c1-12-6-8(10)3-2-4-9(11,5-8)7-12;;;/h2-7,10-11H2,1H3;3*1H. The van der Waals surface area contributed by atoms with Crippen LogP contribution in [0.2, 0.25) is 0 Å². The second-order valence-corrected chi connectivity index (χ2v) is 4.93. The molecule has 3 nitrogen and oxygen atoms in total. The predicted octanol–water partition coefficient (Wildman–Crippen LogP) is 1.17. The maximum atomic E-state index is 6.25. The molecule has 0 radical (unpaired) electrons. The van der Waals surface area contributed by atoms with Crippen molar-refractivity contribution in [2.75, 3.05) is 20.1 Å². The summed E-state index contributed by atoms with van der Waals surface area (Å²) in [6, 6.07) is 0. The van der Waals surface area contributed by atoms with E-state index >= 15 is 0 Å². The van der Waals surface area contributed by atoms with Crippen molar-refractivity contribution >= 4 is 37.2 Å². The minimum Gasteiger partial charge on any atom is -0.324 e. The van der Waals surface area contributed by atoms with E-state index in [2.05, 4.69) is 11.9 Å². The van der Waals surface area contributed by atoms with Gasteiger partial charge in [-0.05, 0) is 32.7 Å². The van der Waals surface area contributed by atoms with Gasteiger partial charge in [-0.15, -0.1) is 37.2 Å². The molecule has 2 unspecified atom stereocenters. The number of hydrogen-bond acceptors (Lipinski definition) is 3. The normalized spacial score (nSPS) is 39.4. The van der Waals surface area contributed by atoms with E-state index in [4.69, 9.17) is 11.5 Å². The molecule has 0 aromatic heterocycles. The minimum atomic E-state index is 0. The zero-order chi connectivity index (χ0) is 8.82. The second kappa shape index (κ2) is 5.89. The summed E-state index contributed by atoms with van der Waals surface area (Å²) in [6.45, 7) is 2.04. The molecule has 2 bridgehead atoms. The van der Waals surface area contributed by atoms with Crippen LogP contribution in [0.25, 0.3) is 0 Å². The van der Waals surface area contributed by atoms with Crippen molar-refractivity contribution in [3.8, 4) is 0 Å². The van der Waals surface area contributed by atoms with E-state index in [1.807, 2.05) is 0 Å². The number of piperidine rings is 1. The summed E-state index contributed by atoms with van der Waals surface area (Å²) in [4.78, 5) is 2.28.